The van der Waals surface area contributed by atoms with Gasteiger partial charge in [0.2, 0.25) is 10.0 Å². The van der Waals surface area contributed by atoms with E-state index in [1.807, 2.05) is 116 Å². The van der Waals surface area contributed by atoms with Crippen LogP contribution >= 0.6 is 0 Å². The lowest BCUT2D eigenvalue weighted by Gasteiger charge is -2.45. The van der Waals surface area contributed by atoms with Gasteiger partial charge in [0.1, 0.15) is 5.75 Å². The van der Waals surface area contributed by atoms with Crippen LogP contribution in [0.2, 0.25) is 0 Å². The fourth-order valence-electron chi connectivity index (χ4n) is 10.2. The highest BCUT2D eigenvalue weighted by Gasteiger charge is 2.43. The van der Waals surface area contributed by atoms with Crippen molar-refractivity contribution in [2.45, 2.75) is 80.4 Å². The van der Waals surface area contributed by atoms with Gasteiger partial charge in [-0.1, -0.05) is 103 Å². The van der Waals surface area contributed by atoms with Gasteiger partial charge in [0.15, 0.2) is 0 Å². The van der Waals surface area contributed by atoms with Crippen molar-refractivity contribution in [2.75, 3.05) is 64.8 Å². The fourth-order valence-corrected chi connectivity index (χ4v) is 11.5. The zero-order chi connectivity index (χ0) is 47.8. The van der Waals surface area contributed by atoms with Gasteiger partial charge in [-0.15, -0.1) is 0 Å². The summed E-state index contributed by atoms with van der Waals surface area (Å²) >= 11 is 0. The molecule has 3 heterocycles. The number of fused-ring (bicyclic) bond motifs is 1. The Kier molecular flexibility index (Phi) is 15.4. The van der Waals surface area contributed by atoms with E-state index in [-0.39, 0.29) is 41.9 Å². The molecular weight excluding hydrogens is 879 g/mol. The van der Waals surface area contributed by atoms with Gasteiger partial charge in [-0.25, -0.2) is 13.1 Å². The Morgan fingerprint density at radius 1 is 0.721 bits per heavy atom. The molecule has 0 spiro atoms. The first-order valence-corrected chi connectivity index (χ1v) is 25.3. The number of hydrogen-bond donors (Lipinski definition) is 3. The standard InChI is InChI=1S/C53H63N7O7S/c1-56(2)48-22-11-21-47-46(48)20-12-23-49(47)68(66,67)55-29-10-9-18-42(35-57-30-13-19-41(57)36-60-43(34-54-50(62)51(60)63)32-39-16-7-4-8-17-39)59-37-44(33-40-24-26-45(61)27-25-40)58(52(64)53(59)65)31-28-38-14-5-3-6-15-38/h3-8,11-12,14-17,20-27,41-44,55,61H,9-10,13,18-19,28-37H2,1-2H3,(H,54,62). The summed E-state index contributed by atoms with van der Waals surface area (Å²) in [6.45, 7) is 2.68. The Morgan fingerprint density at radius 3 is 2.13 bits per heavy atom. The summed E-state index contributed by atoms with van der Waals surface area (Å²) in [5.41, 5.74) is 3.97. The Balaban J connectivity index is 1.02. The highest BCUT2D eigenvalue weighted by atomic mass is 32.2. The largest absolute Gasteiger partial charge is 0.508 e. The molecule has 358 valence electrons. The van der Waals surface area contributed by atoms with Crippen molar-refractivity contribution in [3.05, 3.63) is 138 Å². The van der Waals surface area contributed by atoms with Crippen molar-refractivity contribution in [2.24, 2.45) is 0 Å². The molecular formula is C53H63N7O7S. The minimum atomic E-state index is -3.88. The molecule has 3 aliphatic rings. The second-order valence-electron chi connectivity index (χ2n) is 18.6. The van der Waals surface area contributed by atoms with E-state index < -0.39 is 39.7 Å². The summed E-state index contributed by atoms with van der Waals surface area (Å²) in [7, 11) is -0.0286. The van der Waals surface area contributed by atoms with E-state index >= 15 is 0 Å². The molecule has 0 aromatic heterocycles. The lowest BCUT2D eigenvalue weighted by Crippen LogP contribution is -2.64. The summed E-state index contributed by atoms with van der Waals surface area (Å²) in [5.74, 6) is -2.15. The molecule has 5 aromatic rings. The van der Waals surface area contributed by atoms with Gasteiger partial charge in [-0.2, -0.15) is 0 Å². The zero-order valence-electron chi connectivity index (χ0n) is 39.0. The van der Waals surface area contributed by atoms with Crippen LogP contribution in [0.4, 0.5) is 5.69 Å². The molecule has 4 unspecified atom stereocenters. The Bertz CT molecular complexity index is 2670. The number of nitrogens with zero attached hydrogens (tertiary/aromatic N) is 5. The van der Waals surface area contributed by atoms with Crippen LogP contribution in [0.1, 0.15) is 48.8 Å². The van der Waals surface area contributed by atoms with Gasteiger partial charge in [0.05, 0.1) is 17.0 Å². The molecule has 4 amide bonds. The van der Waals surface area contributed by atoms with Crippen LogP contribution < -0.4 is 14.9 Å². The number of rotatable bonds is 20. The second-order valence-corrected chi connectivity index (χ2v) is 20.3. The maximum Gasteiger partial charge on any atom is 0.312 e. The maximum atomic E-state index is 14.5. The summed E-state index contributed by atoms with van der Waals surface area (Å²) in [6.07, 6.45) is 4.86. The van der Waals surface area contributed by atoms with Crippen LogP contribution in [0, 0.1) is 0 Å². The molecule has 0 radical (unpaired) electrons. The Hall–Kier alpha value is -6.29. The van der Waals surface area contributed by atoms with Gasteiger partial charge in [-0.05, 0) is 92.4 Å². The number of carbonyl (C=O) groups excluding carboxylic acids is 4. The van der Waals surface area contributed by atoms with Crippen molar-refractivity contribution >= 4 is 50.1 Å². The molecule has 0 bridgehead atoms. The normalized spacial score (nSPS) is 19.7. The number of anilines is 1. The zero-order valence-corrected chi connectivity index (χ0v) is 39.8. The minimum Gasteiger partial charge on any atom is -0.508 e. The number of benzene rings is 5. The van der Waals surface area contributed by atoms with Crippen LogP contribution in [0.3, 0.4) is 0 Å². The maximum absolute atomic E-state index is 14.5. The summed E-state index contributed by atoms with van der Waals surface area (Å²) in [4.78, 5) is 65.0. The number of phenols is 1. The van der Waals surface area contributed by atoms with Crippen LogP contribution in [-0.2, 0) is 48.5 Å². The number of likely N-dealkylation sites (tertiary alicyclic amines) is 1. The van der Waals surface area contributed by atoms with Crippen LogP contribution in [0.25, 0.3) is 10.8 Å². The molecule has 3 aliphatic heterocycles. The summed E-state index contributed by atoms with van der Waals surface area (Å²) in [5, 5.41) is 14.3. The van der Waals surface area contributed by atoms with Crippen molar-refractivity contribution in [1.82, 2.24) is 29.6 Å². The Labute approximate surface area is 399 Å². The summed E-state index contributed by atoms with van der Waals surface area (Å²) in [6, 6.07) is 36.6. The van der Waals surface area contributed by atoms with Gasteiger partial charge in [-0.3, -0.25) is 24.1 Å². The number of unbranched alkanes of at least 4 members (excludes halogenated alkanes) is 1. The van der Waals surface area contributed by atoms with Gasteiger partial charge in [0.25, 0.3) is 0 Å². The van der Waals surface area contributed by atoms with E-state index in [4.69, 9.17) is 0 Å². The predicted octanol–water partition coefficient (Wildman–Crippen LogP) is 4.99. The van der Waals surface area contributed by atoms with E-state index in [1.54, 1.807) is 39.0 Å². The molecule has 3 saturated heterocycles. The number of amides is 4. The molecule has 0 aliphatic carbocycles. The van der Waals surface area contributed by atoms with E-state index in [0.717, 1.165) is 47.2 Å². The third-order valence-electron chi connectivity index (χ3n) is 13.8. The third kappa shape index (κ3) is 11.3. The topological polar surface area (TPSA) is 163 Å². The van der Waals surface area contributed by atoms with Gasteiger partial charge < -0.3 is 30.0 Å². The lowest BCUT2D eigenvalue weighted by atomic mass is 9.97. The highest BCUT2D eigenvalue weighted by molar-refractivity contribution is 7.89. The molecule has 3 fully saturated rings. The number of hydrogen-bond acceptors (Lipinski definition) is 9. The van der Waals surface area contributed by atoms with Crippen molar-refractivity contribution in [3.63, 3.8) is 0 Å². The third-order valence-corrected chi connectivity index (χ3v) is 15.4. The molecule has 14 nitrogen and oxygen atoms in total. The highest BCUT2D eigenvalue weighted by Crippen LogP contribution is 2.31. The second kappa shape index (κ2) is 21.8. The molecule has 4 atom stereocenters. The molecule has 3 N–H and O–H groups in total. The van der Waals surface area contributed by atoms with Gasteiger partial charge >= 0.3 is 23.6 Å². The number of nitrogens with one attached hydrogen (secondary N) is 2. The minimum absolute atomic E-state index is 0.0862. The number of phenolic OH excluding ortho intramolecular Hbond substituents is 1. The molecule has 0 saturated carbocycles. The Morgan fingerprint density at radius 2 is 1.40 bits per heavy atom. The van der Waals surface area contributed by atoms with E-state index in [2.05, 4.69) is 14.9 Å². The predicted molar refractivity (Wildman–Crippen MR) is 264 cm³/mol. The lowest BCUT2D eigenvalue weighted by molar-refractivity contribution is -0.161. The van der Waals surface area contributed by atoms with E-state index in [9.17, 15) is 32.7 Å². The average molecular weight is 942 g/mol. The molecule has 15 heteroatoms. The van der Waals surface area contributed by atoms with Crippen molar-refractivity contribution < 1.29 is 32.7 Å². The van der Waals surface area contributed by atoms with E-state index in [0.29, 0.717) is 70.1 Å². The monoisotopic (exact) mass is 941 g/mol. The quantitative estimate of drug-likeness (QED) is 0.0722. The van der Waals surface area contributed by atoms with Crippen molar-refractivity contribution in [3.8, 4) is 5.75 Å². The summed E-state index contributed by atoms with van der Waals surface area (Å²) < 4.78 is 30.5. The first kappa shape index (κ1) is 48.2. The number of carbonyl (C=O) groups is 4. The van der Waals surface area contributed by atoms with Crippen molar-refractivity contribution in [1.29, 1.82) is 0 Å². The molecule has 8 rings (SSSR count). The SMILES string of the molecule is CN(C)c1cccc2c(S(=O)(=O)NCCCCC(CN3CCCC3CN3C(=O)C(=O)NCC3Cc3ccccc3)N3CC(Cc4ccc(O)cc4)N(CCc4ccccc4)C(=O)C3=O)cccc12. The molecule has 5 aromatic carbocycles. The number of piperazine rings is 2. The number of aromatic hydroxyl groups is 1. The average Bonchev–Trinajstić information content (AvgIpc) is 3.78. The van der Waals surface area contributed by atoms with Crippen LogP contribution in [0.5, 0.6) is 5.75 Å². The first-order chi connectivity index (χ1) is 32.9. The van der Waals surface area contributed by atoms with Gasteiger partial charge in [0, 0.05) is 81.9 Å². The number of sulfonamides is 1. The van der Waals surface area contributed by atoms with Crippen LogP contribution in [0.15, 0.2) is 126 Å². The van der Waals surface area contributed by atoms with Crippen LogP contribution in [-0.4, -0.2) is 141 Å². The molecule has 68 heavy (non-hydrogen) atoms. The smallest absolute Gasteiger partial charge is 0.312 e. The fraction of sp³-hybridized carbons (Fsp3) is 0.396. The first-order valence-electron chi connectivity index (χ1n) is 23.8. The van der Waals surface area contributed by atoms with E-state index in [1.165, 1.54) is 0 Å².